The van der Waals surface area contributed by atoms with Crippen molar-refractivity contribution in [1.29, 1.82) is 5.41 Å². The maximum atomic E-state index is 7.43. The summed E-state index contributed by atoms with van der Waals surface area (Å²) in [6.07, 6.45) is 0. The van der Waals surface area contributed by atoms with Gasteiger partial charge in [0.05, 0.1) is 0 Å². The smallest absolute Gasteiger partial charge is 0.122 e. The first-order chi connectivity index (χ1) is 8.08. The standard InChI is InChI=1S/C13H20N4/c1-10-9-11(13(14)15)3-4-12(10)17-7-5-16(2)6-8-17/h3-4,9H,5-8H2,1-2H3,(H3,14,15). The number of nitrogen functional groups attached to an aromatic ring is 1. The van der Waals surface area contributed by atoms with Crippen LogP contribution in [0.1, 0.15) is 11.1 Å². The lowest BCUT2D eigenvalue weighted by molar-refractivity contribution is 0.312. The van der Waals surface area contributed by atoms with Gasteiger partial charge >= 0.3 is 0 Å². The Balaban J connectivity index is 2.19. The molecule has 1 aliphatic heterocycles. The molecule has 4 heteroatoms. The molecule has 4 nitrogen and oxygen atoms in total. The highest BCUT2D eigenvalue weighted by molar-refractivity contribution is 5.95. The third-order valence-electron chi connectivity index (χ3n) is 3.35. The summed E-state index contributed by atoms with van der Waals surface area (Å²) in [4.78, 5) is 4.75. The average Bonchev–Trinajstić information content (AvgIpc) is 2.30. The second kappa shape index (κ2) is 4.75. The van der Waals surface area contributed by atoms with Gasteiger partial charge in [0.2, 0.25) is 0 Å². The topological polar surface area (TPSA) is 56.4 Å². The summed E-state index contributed by atoms with van der Waals surface area (Å²) in [5, 5.41) is 7.43. The van der Waals surface area contributed by atoms with Crippen molar-refractivity contribution in [1.82, 2.24) is 4.90 Å². The van der Waals surface area contributed by atoms with Gasteiger partial charge in [-0.1, -0.05) is 0 Å². The van der Waals surface area contributed by atoms with Gasteiger partial charge in [0.25, 0.3) is 0 Å². The lowest BCUT2D eigenvalue weighted by Gasteiger charge is -2.35. The summed E-state index contributed by atoms with van der Waals surface area (Å²) in [6.45, 7) is 6.43. The maximum absolute atomic E-state index is 7.43. The van der Waals surface area contributed by atoms with Crippen LogP contribution < -0.4 is 10.6 Å². The van der Waals surface area contributed by atoms with Crippen molar-refractivity contribution in [2.75, 3.05) is 38.1 Å². The zero-order chi connectivity index (χ0) is 12.4. The summed E-state index contributed by atoms with van der Waals surface area (Å²) < 4.78 is 0. The zero-order valence-corrected chi connectivity index (χ0v) is 10.5. The molecule has 3 N–H and O–H groups in total. The van der Waals surface area contributed by atoms with Crippen LogP contribution in [0.2, 0.25) is 0 Å². The number of piperazine rings is 1. The van der Waals surface area contributed by atoms with Gasteiger partial charge in [0.1, 0.15) is 5.84 Å². The summed E-state index contributed by atoms with van der Waals surface area (Å²) >= 11 is 0. The first-order valence-corrected chi connectivity index (χ1v) is 5.96. The number of hydrogen-bond acceptors (Lipinski definition) is 3. The van der Waals surface area contributed by atoms with Gasteiger partial charge in [0.15, 0.2) is 0 Å². The van der Waals surface area contributed by atoms with Gasteiger partial charge in [-0.3, -0.25) is 5.41 Å². The normalized spacial score (nSPS) is 17.2. The van der Waals surface area contributed by atoms with Crippen LogP contribution in [0, 0.1) is 12.3 Å². The minimum absolute atomic E-state index is 0.137. The first-order valence-electron chi connectivity index (χ1n) is 5.96. The van der Waals surface area contributed by atoms with Crippen LogP contribution in [0.4, 0.5) is 5.69 Å². The average molecular weight is 232 g/mol. The van der Waals surface area contributed by atoms with Crippen molar-refractivity contribution >= 4 is 11.5 Å². The highest BCUT2D eigenvalue weighted by atomic mass is 15.2. The van der Waals surface area contributed by atoms with Gasteiger partial charge in [-0.25, -0.2) is 0 Å². The Labute approximate surface area is 103 Å². The van der Waals surface area contributed by atoms with Crippen molar-refractivity contribution in [3.05, 3.63) is 29.3 Å². The monoisotopic (exact) mass is 232 g/mol. The van der Waals surface area contributed by atoms with Crippen molar-refractivity contribution in [2.45, 2.75) is 6.92 Å². The Bertz CT molecular complexity index is 419. The Morgan fingerprint density at radius 1 is 1.24 bits per heavy atom. The SMILES string of the molecule is Cc1cc(C(=N)N)ccc1N1CCN(C)CC1. The molecule has 0 atom stereocenters. The second-order valence-corrected chi connectivity index (χ2v) is 4.71. The molecule has 1 heterocycles. The number of nitrogens with zero attached hydrogens (tertiary/aromatic N) is 2. The summed E-state index contributed by atoms with van der Waals surface area (Å²) in [5.41, 5.74) is 8.76. The highest BCUT2D eigenvalue weighted by Crippen LogP contribution is 2.22. The number of benzene rings is 1. The number of nitrogens with two attached hydrogens (primary N) is 1. The lowest BCUT2D eigenvalue weighted by atomic mass is 10.1. The van der Waals surface area contributed by atoms with Crippen molar-refractivity contribution in [2.24, 2.45) is 5.73 Å². The van der Waals surface area contributed by atoms with Crippen molar-refractivity contribution in [3.63, 3.8) is 0 Å². The molecule has 0 unspecified atom stereocenters. The van der Waals surface area contributed by atoms with E-state index < -0.39 is 0 Å². The Kier molecular flexibility index (Phi) is 3.33. The number of hydrogen-bond donors (Lipinski definition) is 2. The van der Waals surface area contributed by atoms with E-state index in [-0.39, 0.29) is 5.84 Å². The lowest BCUT2D eigenvalue weighted by Crippen LogP contribution is -2.44. The van der Waals surface area contributed by atoms with Gasteiger partial charge in [-0.2, -0.15) is 0 Å². The molecule has 1 aliphatic rings. The molecule has 1 aromatic carbocycles. The molecule has 17 heavy (non-hydrogen) atoms. The molecule has 92 valence electrons. The van der Waals surface area contributed by atoms with Crippen LogP contribution in [-0.4, -0.2) is 44.0 Å². The third kappa shape index (κ3) is 2.58. The Morgan fingerprint density at radius 3 is 2.41 bits per heavy atom. The number of amidine groups is 1. The second-order valence-electron chi connectivity index (χ2n) is 4.71. The molecule has 0 aromatic heterocycles. The van der Waals surface area contributed by atoms with E-state index >= 15 is 0 Å². The number of likely N-dealkylation sites (N-methyl/N-ethyl adjacent to an activating group) is 1. The van der Waals surface area contributed by atoms with E-state index in [1.54, 1.807) is 0 Å². The van der Waals surface area contributed by atoms with Crippen LogP contribution in [0.5, 0.6) is 0 Å². The van der Waals surface area contributed by atoms with Gasteiger partial charge in [-0.15, -0.1) is 0 Å². The molecule has 0 spiro atoms. The number of rotatable bonds is 2. The zero-order valence-electron chi connectivity index (χ0n) is 10.5. The van der Waals surface area contributed by atoms with E-state index in [1.807, 2.05) is 12.1 Å². The van der Waals surface area contributed by atoms with E-state index in [0.29, 0.717) is 0 Å². The predicted molar refractivity (Wildman–Crippen MR) is 71.9 cm³/mol. The minimum atomic E-state index is 0.137. The van der Waals surface area contributed by atoms with Crippen LogP contribution in [-0.2, 0) is 0 Å². The summed E-state index contributed by atoms with van der Waals surface area (Å²) in [5.74, 6) is 0.137. The molecule has 0 amide bonds. The molecular weight excluding hydrogens is 212 g/mol. The quantitative estimate of drug-likeness (QED) is 0.591. The van der Waals surface area contributed by atoms with Crippen LogP contribution in [0.15, 0.2) is 18.2 Å². The Hall–Kier alpha value is -1.55. The maximum Gasteiger partial charge on any atom is 0.122 e. The highest BCUT2D eigenvalue weighted by Gasteiger charge is 2.15. The van der Waals surface area contributed by atoms with Gasteiger partial charge in [0, 0.05) is 37.4 Å². The molecule has 0 bridgehead atoms. The summed E-state index contributed by atoms with van der Waals surface area (Å²) in [6, 6.07) is 6.01. The van der Waals surface area contributed by atoms with Gasteiger partial charge < -0.3 is 15.5 Å². The summed E-state index contributed by atoms with van der Waals surface area (Å²) in [7, 11) is 2.16. The van der Waals surface area contributed by atoms with Crippen LogP contribution in [0.3, 0.4) is 0 Å². The first kappa shape index (κ1) is 11.9. The largest absolute Gasteiger partial charge is 0.384 e. The fourth-order valence-electron chi connectivity index (χ4n) is 2.23. The molecule has 0 aliphatic carbocycles. The molecule has 1 aromatic rings. The molecule has 2 rings (SSSR count). The van der Waals surface area contributed by atoms with Crippen molar-refractivity contribution in [3.8, 4) is 0 Å². The van der Waals surface area contributed by atoms with Crippen LogP contribution >= 0.6 is 0 Å². The van der Waals surface area contributed by atoms with Gasteiger partial charge in [-0.05, 0) is 37.7 Å². The molecule has 1 saturated heterocycles. The van der Waals surface area contributed by atoms with E-state index in [9.17, 15) is 0 Å². The molecular formula is C13H20N4. The number of anilines is 1. The van der Waals surface area contributed by atoms with Crippen LogP contribution in [0.25, 0.3) is 0 Å². The van der Waals surface area contributed by atoms with E-state index in [2.05, 4.69) is 29.8 Å². The number of aryl methyl sites for hydroxylation is 1. The van der Waals surface area contributed by atoms with E-state index in [4.69, 9.17) is 11.1 Å². The molecule has 1 fully saturated rings. The third-order valence-corrected chi connectivity index (χ3v) is 3.35. The number of nitrogens with one attached hydrogen (secondary N) is 1. The predicted octanol–water partition coefficient (Wildman–Crippen LogP) is 1.03. The van der Waals surface area contributed by atoms with E-state index in [1.165, 1.54) is 11.3 Å². The molecule has 0 radical (unpaired) electrons. The van der Waals surface area contributed by atoms with Crippen molar-refractivity contribution < 1.29 is 0 Å². The van der Waals surface area contributed by atoms with E-state index in [0.717, 1.165) is 31.7 Å². The Morgan fingerprint density at radius 2 is 1.88 bits per heavy atom. The minimum Gasteiger partial charge on any atom is -0.384 e. The molecule has 0 saturated carbocycles. The fourth-order valence-corrected chi connectivity index (χ4v) is 2.23. The fraction of sp³-hybridized carbons (Fsp3) is 0.462.